The van der Waals surface area contributed by atoms with Gasteiger partial charge in [-0.1, -0.05) is 86.6 Å². The van der Waals surface area contributed by atoms with Crippen LogP contribution in [-0.2, 0) is 12.8 Å². The quantitative estimate of drug-likeness (QED) is 0.259. The topological polar surface area (TPSA) is 55.0 Å². The van der Waals surface area contributed by atoms with Crippen LogP contribution in [0.15, 0.2) is 84.9 Å². The molecule has 0 saturated carbocycles. The number of nitrogens with two attached hydrogens (primary N) is 1. The molecular formula is C32H30N4. The highest BCUT2D eigenvalue weighted by atomic mass is 15.2. The second-order valence-electron chi connectivity index (χ2n) is 9.23. The monoisotopic (exact) mass is 470 g/mol. The van der Waals surface area contributed by atoms with E-state index in [4.69, 9.17) is 15.7 Å². The molecule has 6 aromatic rings. The third kappa shape index (κ3) is 3.49. The van der Waals surface area contributed by atoms with Crippen molar-refractivity contribution in [2.75, 3.05) is 18.0 Å². The molecule has 0 aliphatic carbocycles. The highest BCUT2D eigenvalue weighted by molar-refractivity contribution is 6.16. The maximum atomic E-state index is 6.32. The maximum absolute atomic E-state index is 6.32. The second kappa shape index (κ2) is 9.21. The molecule has 4 nitrogen and oxygen atoms in total. The number of nitrogens with zero attached hydrogens (tertiary/aromatic N) is 3. The van der Waals surface area contributed by atoms with Crippen LogP contribution in [0.5, 0.6) is 0 Å². The molecule has 0 bridgehead atoms. The summed E-state index contributed by atoms with van der Waals surface area (Å²) in [7, 11) is 0. The average molecular weight is 471 g/mol. The van der Waals surface area contributed by atoms with Crippen LogP contribution in [0.25, 0.3) is 43.6 Å². The van der Waals surface area contributed by atoms with Crippen molar-refractivity contribution in [2.45, 2.75) is 26.7 Å². The van der Waals surface area contributed by atoms with E-state index >= 15 is 0 Å². The zero-order valence-corrected chi connectivity index (χ0v) is 20.8. The summed E-state index contributed by atoms with van der Waals surface area (Å²) < 4.78 is 0. The average Bonchev–Trinajstić information content (AvgIpc) is 2.93. The molecule has 0 atom stereocenters. The molecule has 0 unspecified atom stereocenters. The number of aryl methyl sites for hydroxylation is 2. The largest absolute Gasteiger partial charge is 0.338 e. The van der Waals surface area contributed by atoms with Gasteiger partial charge in [-0.2, -0.15) is 0 Å². The standard InChI is InChI=1S/C32H30N4/c1-3-21-11-9-15-25-29(21)34-27-17-7-5-13-23(27)31(25)36(20-19-33)32-24-14-6-8-18-28(24)35-30-22(4-2)12-10-16-26(30)32/h5-18H,3-4,19-20,33H2,1-2H3. The fraction of sp³-hybridized carbons (Fsp3) is 0.188. The minimum Gasteiger partial charge on any atom is -0.338 e. The molecule has 2 heterocycles. The summed E-state index contributed by atoms with van der Waals surface area (Å²) in [4.78, 5) is 12.7. The Morgan fingerprint density at radius 1 is 0.583 bits per heavy atom. The van der Waals surface area contributed by atoms with E-state index in [2.05, 4.69) is 104 Å². The van der Waals surface area contributed by atoms with E-state index in [-0.39, 0.29) is 0 Å². The van der Waals surface area contributed by atoms with Gasteiger partial charge in [-0.05, 0) is 36.1 Å². The van der Waals surface area contributed by atoms with Gasteiger partial charge in [-0.3, -0.25) is 0 Å². The molecule has 0 aliphatic rings. The molecule has 0 spiro atoms. The number of para-hydroxylation sites is 4. The molecular weight excluding hydrogens is 440 g/mol. The SMILES string of the molecule is CCc1cccc2c(N(CCN)c3c4ccccc4nc4c(CC)cccc34)c3ccccc3nc12. The number of aromatic nitrogens is 2. The summed E-state index contributed by atoms with van der Waals surface area (Å²) in [5, 5.41) is 4.57. The van der Waals surface area contributed by atoms with Crippen LogP contribution < -0.4 is 10.6 Å². The van der Waals surface area contributed by atoms with Crippen molar-refractivity contribution in [3.8, 4) is 0 Å². The van der Waals surface area contributed by atoms with Crippen molar-refractivity contribution in [3.05, 3.63) is 96.1 Å². The Kier molecular flexibility index (Phi) is 5.74. The smallest absolute Gasteiger partial charge is 0.0762 e. The molecule has 0 fully saturated rings. The van der Waals surface area contributed by atoms with Gasteiger partial charge in [0, 0.05) is 34.6 Å². The summed E-state index contributed by atoms with van der Waals surface area (Å²) in [6.07, 6.45) is 1.86. The van der Waals surface area contributed by atoms with Gasteiger partial charge in [0.2, 0.25) is 0 Å². The van der Waals surface area contributed by atoms with Crippen LogP contribution in [0.1, 0.15) is 25.0 Å². The fourth-order valence-corrected chi connectivity index (χ4v) is 5.52. The highest BCUT2D eigenvalue weighted by Crippen LogP contribution is 2.44. The molecule has 0 saturated heterocycles. The Hall–Kier alpha value is -4.02. The van der Waals surface area contributed by atoms with Crippen molar-refractivity contribution in [1.82, 2.24) is 9.97 Å². The van der Waals surface area contributed by atoms with E-state index in [1.54, 1.807) is 0 Å². The summed E-state index contributed by atoms with van der Waals surface area (Å²) in [5.41, 5.74) is 15.3. The van der Waals surface area contributed by atoms with E-state index in [0.717, 1.165) is 67.8 Å². The van der Waals surface area contributed by atoms with Crippen LogP contribution in [0, 0.1) is 0 Å². The van der Waals surface area contributed by atoms with Crippen molar-refractivity contribution in [1.29, 1.82) is 0 Å². The summed E-state index contributed by atoms with van der Waals surface area (Å²) in [6.45, 7) is 5.59. The Bertz CT molecular complexity index is 1610. The predicted molar refractivity (Wildman–Crippen MR) is 153 cm³/mol. The number of hydrogen-bond donors (Lipinski definition) is 1. The van der Waals surface area contributed by atoms with Gasteiger partial charge in [0.05, 0.1) is 33.4 Å². The van der Waals surface area contributed by atoms with Crippen molar-refractivity contribution >= 4 is 55.0 Å². The zero-order valence-electron chi connectivity index (χ0n) is 20.8. The highest BCUT2D eigenvalue weighted by Gasteiger charge is 2.22. The predicted octanol–water partition coefficient (Wildman–Crippen LogP) is 7.31. The van der Waals surface area contributed by atoms with Gasteiger partial charge in [-0.25, -0.2) is 9.97 Å². The third-order valence-electron chi connectivity index (χ3n) is 7.19. The van der Waals surface area contributed by atoms with Crippen molar-refractivity contribution < 1.29 is 0 Å². The third-order valence-corrected chi connectivity index (χ3v) is 7.19. The Morgan fingerprint density at radius 3 is 1.47 bits per heavy atom. The van der Waals surface area contributed by atoms with E-state index < -0.39 is 0 Å². The molecule has 0 amide bonds. The van der Waals surface area contributed by atoms with E-state index in [1.807, 2.05) is 0 Å². The minimum atomic E-state index is 0.525. The molecule has 178 valence electrons. The van der Waals surface area contributed by atoms with E-state index in [0.29, 0.717) is 13.1 Å². The summed E-state index contributed by atoms with van der Waals surface area (Å²) >= 11 is 0. The Morgan fingerprint density at radius 2 is 1.03 bits per heavy atom. The summed E-state index contributed by atoms with van der Waals surface area (Å²) in [6, 6.07) is 30.0. The minimum absolute atomic E-state index is 0.525. The number of anilines is 2. The molecule has 4 aromatic carbocycles. The lowest BCUT2D eigenvalue weighted by molar-refractivity contribution is 0.933. The lowest BCUT2D eigenvalue weighted by Crippen LogP contribution is -2.26. The van der Waals surface area contributed by atoms with E-state index in [1.165, 1.54) is 11.1 Å². The van der Waals surface area contributed by atoms with Crippen LogP contribution in [-0.4, -0.2) is 23.1 Å². The number of rotatable bonds is 6. The van der Waals surface area contributed by atoms with Crippen LogP contribution in [0.3, 0.4) is 0 Å². The number of hydrogen-bond acceptors (Lipinski definition) is 4. The van der Waals surface area contributed by atoms with E-state index in [9.17, 15) is 0 Å². The first-order chi connectivity index (χ1) is 17.7. The van der Waals surface area contributed by atoms with Crippen LogP contribution in [0.4, 0.5) is 11.4 Å². The first-order valence-electron chi connectivity index (χ1n) is 12.8. The molecule has 2 N–H and O–H groups in total. The molecule has 36 heavy (non-hydrogen) atoms. The molecule has 6 rings (SSSR count). The normalized spacial score (nSPS) is 11.6. The van der Waals surface area contributed by atoms with Gasteiger partial charge in [0.1, 0.15) is 0 Å². The first kappa shape index (κ1) is 22.4. The van der Waals surface area contributed by atoms with Gasteiger partial charge in [-0.15, -0.1) is 0 Å². The zero-order chi connectivity index (χ0) is 24.6. The lowest BCUT2D eigenvalue weighted by atomic mass is 9.99. The molecule has 0 aliphatic heterocycles. The van der Waals surface area contributed by atoms with Gasteiger partial charge in [0.25, 0.3) is 0 Å². The van der Waals surface area contributed by atoms with Crippen LogP contribution in [0.2, 0.25) is 0 Å². The van der Waals surface area contributed by atoms with Crippen molar-refractivity contribution in [3.63, 3.8) is 0 Å². The molecule has 4 heteroatoms. The van der Waals surface area contributed by atoms with Gasteiger partial charge < -0.3 is 10.6 Å². The second-order valence-corrected chi connectivity index (χ2v) is 9.23. The maximum Gasteiger partial charge on any atom is 0.0762 e. The number of fused-ring (bicyclic) bond motifs is 4. The van der Waals surface area contributed by atoms with Crippen LogP contribution >= 0.6 is 0 Å². The summed E-state index contributed by atoms with van der Waals surface area (Å²) in [5.74, 6) is 0. The van der Waals surface area contributed by atoms with Gasteiger partial charge in [0.15, 0.2) is 0 Å². The number of pyridine rings is 2. The Balaban J connectivity index is 1.81. The number of benzene rings is 4. The lowest BCUT2D eigenvalue weighted by Gasteiger charge is -2.30. The fourth-order valence-electron chi connectivity index (χ4n) is 5.52. The van der Waals surface area contributed by atoms with Gasteiger partial charge >= 0.3 is 0 Å². The molecule has 0 radical (unpaired) electrons. The van der Waals surface area contributed by atoms with Crippen molar-refractivity contribution in [2.24, 2.45) is 5.73 Å². The first-order valence-corrected chi connectivity index (χ1v) is 12.8. The molecule has 2 aromatic heterocycles. The Labute approximate surface area is 211 Å².